The fourth-order valence-electron chi connectivity index (χ4n) is 3.37. The van der Waals surface area contributed by atoms with Crippen LogP contribution in [0.2, 0.25) is 0 Å². The summed E-state index contributed by atoms with van der Waals surface area (Å²) in [6, 6.07) is 20.2. The maximum Gasteiger partial charge on any atom is 0.194 e. The fourth-order valence-corrected chi connectivity index (χ4v) is 3.37. The van der Waals surface area contributed by atoms with Crippen molar-refractivity contribution in [1.29, 1.82) is 0 Å². The molecule has 0 bridgehead atoms. The maximum absolute atomic E-state index is 12.5. The number of ketones is 1. The Morgan fingerprint density at radius 1 is 0.619 bits per heavy atom. The van der Waals surface area contributed by atoms with Crippen molar-refractivity contribution in [2.45, 2.75) is 0 Å². The Hall–Kier alpha value is -2.87. The maximum atomic E-state index is 12.5. The van der Waals surface area contributed by atoms with E-state index in [0.29, 0.717) is 0 Å². The van der Waals surface area contributed by atoms with Crippen molar-refractivity contribution in [2.75, 3.05) is 0 Å². The smallest absolute Gasteiger partial charge is 0.194 e. The zero-order valence-electron chi connectivity index (χ0n) is 11.2. The van der Waals surface area contributed by atoms with Gasteiger partial charge in [0.05, 0.1) is 0 Å². The van der Waals surface area contributed by atoms with Crippen molar-refractivity contribution in [1.82, 2.24) is 4.98 Å². The number of para-hydroxylation sites is 1. The minimum absolute atomic E-state index is 0.126. The lowest BCUT2D eigenvalue weighted by atomic mass is 10.0. The monoisotopic (exact) mass is 269 g/mol. The van der Waals surface area contributed by atoms with Gasteiger partial charge in [0.15, 0.2) is 5.78 Å². The van der Waals surface area contributed by atoms with Crippen molar-refractivity contribution in [3.05, 3.63) is 71.8 Å². The SMILES string of the molecule is O=C1c2ccccc2-c2cc3c(cc21)[nH]c1ccccc13. The molecule has 0 fully saturated rings. The average Bonchev–Trinajstić information content (AvgIpc) is 3.02. The average molecular weight is 269 g/mol. The Balaban J connectivity index is 1.95. The Morgan fingerprint density at radius 3 is 2.29 bits per heavy atom. The Labute approximate surface area is 121 Å². The number of carbonyl (C=O) groups excluding carboxylic acids is 1. The molecule has 2 heteroatoms. The molecule has 1 N–H and O–H groups in total. The number of rotatable bonds is 0. The van der Waals surface area contributed by atoms with Gasteiger partial charge in [-0.3, -0.25) is 4.79 Å². The highest BCUT2D eigenvalue weighted by molar-refractivity contribution is 6.24. The molecule has 98 valence electrons. The molecule has 0 amide bonds. The highest BCUT2D eigenvalue weighted by Crippen LogP contribution is 2.40. The molecule has 0 atom stereocenters. The van der Waals surface area contributed by atoms with Crippen LogP contribution < -0.4 is 0 Å². The van der Waals surface area contributed by atoms with Crippen molar-refractivity contribution in [3.8, 4) is 11.1 Å². The van der Waals surface area contributed by atoms with Gasteiger partial charge in [-0.1, -0.05) is 42.5 Å². The van der Waals surface area contributed by atoms with E-state index in [1.54, 1.807) is 0 Å². The highest BCUT2D eigenvalue weighted by atomic mass is 16.1. The lowest BCUT2D eigenvalue weighted by molar-refractivity contribution is 0.104. The molecule has 5 rings (SSSR count). The summed E-state index contributed by atoms with van der Waals surface area (Å²) >= 11 is 0. The summed E-state index contributed by atoms with van der Waals surface area (Å²) in [7, 11) is 0. The number of nitrogens with one attached hydrogen (secondary N) is 1. The van der Waals surface area contributed by atoms with Crippen molar-refractivity contribution in [2.24, 2.45) is 0 Å². The summed E-state index contributed by atoms with van der Waals surface area (Å²) < 4.78 is 0. The molecule has 0 unspecified atom stereocenters. The van der Waals surface area contributed by atoms with Crippen LogP contribution in [0.15, 0.2) is 60.7 Å². The molecule has 0 aliphatic heterocycles. The van der Waals surface area contributed by atoms with Gasteiger partial charge in [-0.15, -0.1) is 0 Å². The van der Waals surface area contributed by atoms with Crippen LogP contribution in [0.4, 0.5) is 0 Å². The van der Waals surface area contributed by atoms with E-state index in [0.717, 1.165) is 33.3 Å². The molecule has 4 aromatic rings. The number of fused-ring (bicyclic) bond motifs is 6. The molecule has 2 nitrogen and oxygen atoms in total. The van der Waals surface area contributed by atoms with Crippen LogP contribution >= 0.6 is 0 Å². The molecule has 1 aliphatic carbocycles. The van der Waals surface area contributed by atoms with Gasteiger partial charge in [0, 0.05) is 32.9 Å². The minimum Gasteiger partial charge on any atom is -0.354 e. The van der Waals surface area contributed by atoms with E-state index >= 15 is 0 Å². The molecule has 1 aromatic heterocycles. The Morgan fingerprint density at radius 2 is 1.38 bits per heavy atom. The molecular weight excluding hydrogens is 258 g/mol. The number of aromatic amines is 1. The molecule has 21 heavy (non-hydrogen) atoms. The molecule has 3 aromatic carbocycles. The lowest BCUT2D eigenvalue weighted by Crippen LogP contribution is -1.94. The number of hydrogen-bond acceptors (Lipinski definition) is 1. The van der Waals surface area contributed by atoms with E-state index in [1.807, 2.05) is 42.5 Å². The number of benzene rings is 3. The molecule has 1 aliphatic rings. The van der Waals surface area contributed by atoms with E-state index in [-0.39, 0.29) is 5.78 Å². The molecular formula is C19H11NO. The second-order valence-corrected chi connectivity index (χ2v) is 5.49. The highest BCUT2D eigenvalue weighted by Gasteiger charge is 2.27. The Kier molecular flexibility index (Phi) is 1.87. The van der Waals surface area contributed by atoms with Gasteiger partial charge in [0.2, 0.25) is 0 Å². The van der Waals surface area contributed by atoms with E-state index in [1.165, 1.54) is 10.8 Å². The minimum atomic E-state index is 0.126. The van der Waals surface area contributed by atoms with Gasteiger partial charge in [-0.05, 0) is 29.3 Å². The molecule has 0 saturated carbocycles. The van der Waals surface area contributed by atoms with Gasteiger partial charge >= 0.3 is 0 Å². The summed E-state index contributed by atoms with van der Waals surface area (Å²) in [6.45, 7) is 0. The van der Waals surface area contributed by atoms with E-state index in [2.05, 4.69) is 23.2 Å². The third kappa shape index (κ3) is 1.29. The van der Waals surface area contributed by atoms with Crippen molar-refractivity contribution in [3.63, 3.8) is 0 Å². The van der Waals surface area contributed by atoms with E-state index in [4.69, 9.17) is 0 Å². The number of H-pyrrole nitrogens is 1. The third-order valence-electron chi connectivity index (χ3n) is 4.35. The second kappa shape index (κ2) is 3.61. The number of hydrogen-bond donors (Lipinski definition) is 1. The normalized spacial score (nSPS) is 12.9. The van der Waals surface area contributed by atoms with Crippen LogP contribution in [0, 0.1) is 0 Å². The predicted molar refractivity (Wildman–Crippen MR) is 84.7 cm³/mol. The molecule has 1 heterocycles. The van der Waals surface area contributed by atoms with Crippen LogP contribution in [0.3, 0.4) is 0 Å². The molecule has 0 saturated heterocycles. The van der Waals surface area contributed by atoms with E-state index in [9.17, 15) is 4.79 Å². The van der Waals surface area contributed by atoms with Crippen molar-refractivity contribution >= 4 is 27.6 Å². The summed E-state index contributed by atoms with van der Waals surface area (Å²) in [5.41, 5.74) is 5.84. The van der Waals surface area contributed by atoms with Crippen LogP contribution in [-0.4, -0.2) is 10.8 Å². The summed E-state index contributed by atoms with van der Waals surface area (Å²) in [5, 5.41) is 2.38. The van der Waals surface area contributed by atoms with Gasteiger partial charge in [0.1, 0.15) is 0 Å². The van der Waals surface area contributed by atoms with Gasteiger partial charge < -0.3 is 4.98 Å². The summed E-state index contributed by atoms with van der Waals surface area (Å²) in [4.78, 5) is 15.9. The molecule has 0 radical (unpaired) electrons. The van der Waals surface area contributed by atoms with Crippen LogP contribution in [0.25, 0.3) is 32.9 Å². The first-order valence-electron chi connectivity index (χ1n) is 7.01. The number of aromatic nitrogens is 1. The van der Waals surface area contributed by atoms with Gasteiger partial charge in [-0.25, -0.2) is 0 Å². The number of carbonyl (C=O) groups is 1. The Bertz CT molecular complexity index is 1060. The quantitative estimate of drug-likeness (QED) is 0.440. The van der Waals surface area contributed by atoms with Crippen molar-refractivity contribution < 1.29 is 4.79 Å². The first-order chi connectivity index (χ1) is 10.3. The topological polar surface area (TPSA) is 32.9 Å². The zero-order chi connectivity index (χ0) is 14.0. The first kappa shape index (κ1) is 10.9. The first-order valence-corrected chi connectivity index (χ1v) is 7.01. The van der Waals surface area contributed by atoms with E-state index < -0.39 is 0 Å². The largest absolute Gasteiger partial charge is 0.354 e. The fraction of sp³-hybridized carbons (Fsp3) is 0. The van der Waals surface area contributed by atoms with Gasteiger partial charge in [0.25, 0.3) is 0 Å². The lowest BCUT2D eigenvalue weighted by Gasteiger charge is -2.00. The predicted octanol–water partition coefficient (Wildman–Crippen LogP) is 4.53. The summed E-state index contributed by atoms with van der Waals surface area (Å²) in [5.74, 6) is 0.126. The zero-order valence-corrected chi connectivity index (χ0v) is 11.2. The van der Waals surface area contributed by atoms with Gasteiger partial charge in [-0.2, -0.15) is 0 Å². The van der Waals surface area contributed by atoms with Crippen LogP contribution in [0.5, 0.6) is 0 Å². The summed E-state index contributed by atoms with van der Waals surface area (Å²) in [6.07, 6.45) is 0. The molecule has 0 spiro atoms. The van der Waals surface area contributed by atoms with Crippen LogP contribution in [0.1, 0.15) is 15.9 Å². The second-order valence-electron chi connectivity index (χ2n) is 5.49. The standard InChI is InChI=1S/C19H11NO/c21-19-13-7-2-1-5-11(13)14-9-15-12-6-3-4-8-17(12)20-18(15)10-16(14)19/h1-10,20H. The third-order valence-corrected chi connectivity index (χ3v) is 4.35. The van der Waals surface area contributed by atoms with Crippen LogP contribution in [-0.2, 0) is 0 Å².